The molecule has 3 aromatic rings. The van der Waals surface area contributed by atoms with Gasteiger partial charge in [0.15, 0.2) is 0 Å². The highest BCUT2D eigenvalue weighted by atomic mass is 19.1. The van der Waals surface area contributed by atoms with Crippen molar-refractivity contribution in [2.24, 2.45) is 0 Å². The maximum atomic E-state index is 12.7. The van der Waals surface area contributed by atoms with E-state index in [4.69, 9.17) is 0 Å². The summed E-state index contributed by atoms with van der Waals surface area (Å²) in [5, 5.41) is 5.64. The van der Waals surface area contributed by atoms with Gasteiger partial charge in [-0.05, 0) is 35.4 Å². The number of halogens is 1. The van der Waals surface area contributed by atoms with Gasteiger partial charge in [0.1, 0.15) is 6.67 Å². The van der Waals surface area contributed by atoms with Crippen LogP contribution in [0.3, 0.4) is 0 Å². The Balaban J connectivity index is 1.82. The van der Waals surface area contributed by atoms with E-state index in [0.29, 0.717) is 16.9 Å². The number of hydrogen-bond acceptors (Lipinski definition) is 3. The molecule has 2 N–H and O–H groups in total. The summed E-state index contributed by atoms with van der Waals surface area (Å²) in [5.74, 6) is 0. The number of benzene rings is 1. The van der Waals surface area contributed by atoms with Gasteiger partial charge < -0.3 is 10.6 Å². The molecule has 5 nitrogen and oxygen atoms in total. The number of amides is 2. The Kier molecular flexibility index (Phi) is 5.31. The van der Waals surface area contributed by atoms with Crippen LogP contribution in [0.1, 0.15) is 22.9 Å². The van der Waals surface area contributed by atoms with E-state index >= 15 is 0 Å². The third kappa shape index (κ3) is 4.38. The smallest absolute Gasteiger partial charge is 0.320 e. The molecular weight excluding hydrogens is 319 g/mol. The van der Waals surface area contributed by atoms with Crippen LogP contribution >= 0.6 is 0 Å². The van der Waals surface area contributed by atoms with Crippen molar-refractivity contribution < 1.29 is 9.18 Å². The lowest BCUT2D eigenvalue weighted by atomic mass is 10.0. The highest BCUT2D eigenvalue weighted by Crippen LogP contribution is 2.21. The first-order valence-electron chi connectivity index (χ1n) is 7.79. The number of nitrogens with zero attached hydrogens (tertiary/aromatic N) is 2. The predicted octanol–water partition coefficient (Wildman–Crippen LogP) is 3.86. The molecule has 1 aromatic carbocycles. The molecule has 6 heteroatoms. The summed E-state index contributed by atoms with van der Waals surface area (Å²) >= 11 is 0. The topological polar surface area (TPSA) is 66.9 Å². The van der Waals surface area contributed by atoms with Crippen LogP contribution in [0.25, 0.3) is 0 Å². The molecule has 25 heavy (non-hydrogen) atoms. The van der Waals surface area contributed by atoms with Crippen molar-refractivity contribution in [2.75, 3.05) is 5.32 Å². The van der Waals surface area contributed by atoms with Crippen molar-refractivity contribution in [2.45, 2.75) is 12.7 Å². The van der Waals surface area contributed by atoms with Gasteiger partial charge in [0.2, 0.25) is 0 Å². The van der Waals surface area contributed by atoms with E-state index < -0.39 is 12.7 Å². The highest BCUT2D eigenvalue weighted by Gasteiger charge is 2.18. The largest absolute Gasteiger partial charge is 0.325 e. The molecule has 0 aliphatic carbocycles. The van der Waals surface area contributed by atoms with E-state index in [0.717, 1.165) is 5.56 Å². The van der Waals surface area contributed by atoms with E-state index in [1.807, 2.05) is 18.2 Å². The van der Waals surface area contributed by atoms with Gasteiger partial charge in [-0.1, -0.05) is 30.3 Å². The highest BCUT2D eigenvalue weighted by molar-refractivity contribution is 5.89. The number of nitrogens with one attached hydrogen (secondary N) is 2. The lowest BCUT2D eigenvalue weighted by Gasteiger charge is -2.19. The summed E-state index contributed by atoms with van der Waals surface area (Å²) in [6.07, 6.45) is 4.86. The van der Waals surface area contributed by atoms with E-state index in [9.17, 15) is 9.18 Å². The number of carbonyl (C=O) groups is 1. The molecule has 2 heterocycles. The summed E-state index contributed by atoms with van der Waals surface area (Å²) in [6, 6.07) is 15.1. The second kappa shape index (κ2) is 8.01. The Labute approximate surface area is 145 Å². The second-order valence-corrected chi connectivity index (χ2v) is 5.40. The van der Waals surface area contributed by atoms with Gasteiger partial charge in [-0.3, -0.25) is 9.97 Å². The molecular formula is C19H17FN4O. The summed E-state index contributed by atoms with van der Waals surface area (Å²) < 4.78 is 12.7. The minimum atomic E-state index is -0.524. The lowest BCUT2D eigenvalue weighted by Crippen LogP contribution is -2.33. The van der Waals surface area contributed by atoms with Crippen LogP contribution in [-0.4, -0.2) is 16.0 Å². The minimum absolute atomic E-state index is 0.377. The van der Waals surface area contributed by atoms with Crippen molar-refractivity contribution in [1.82, 2.24) is 15.3 Å². The number of aromatic nitrogens is 2. The van der Waals surface area contributed by atoms with Gasteiger partial charge in [0, 0.05) is 12.4 Å². The predicted molar refractivity (Wildman–Crippen MR) is 93.7 cm³/mol. The van der Waals surface area contributed by atoms with E-state index in [1.165, 1.54) is 0 Å². The quantitative estimate of drug-likeness (QED) is 0.743. The van der Waals surface area contributed by atoms with Gasteiger partial charge in [-0.15, -0.1) is 0 Å². The van der Waals surface area contributed by atoms with Crippen molar-refractivity contribution in [3.63, 3.8) is 0 Å². The molecule has 0 bridgehead atoms. The van der Waals surface area contributed by atoms with Crippen molar-refractivity contribution in [3.8, 4) is 0 Å². The average molecular weight is 336 g/mol. The van der Waals surface area contributed by atoms with Gasteiger partial charge in [0.25, 0.3) is 0 Å². The Morgan fingerprint density at radius 2 is 1.88 bits per heavy atom. The maximum Gasteiger partial charge on any atom is 0.320 e. The minimum Gasteiger partial charge on any atom is -0.325 e. The molecule has 0 saturated carbocycles. The fraction of sp³-hybridized carbons (Fsp3) is 0.105. The molecule has 0 fully saturated rings. The zero-order valence-electron chi connectivity index (χ0n) is 13.4. The Bertz CT molecular complexity index is 810. The van der Waals surface area contributed by atoms with Crippen LogP contribution in [0.2, 0.25) is 0 Å². The first kappa shape index (κ1) is 16.6. The van der Waals surface area contributed by atoms with Gasteiger partial charge in [0.05, 0.1) is 23.6 Å². The summed E-state index contributed by atoms with van der Waals surface area (Å²) in [4.78, 5) is 20.6. The Morgan fingerprint density at radius 1 is 1.04 bits per heavy atom. The Morgan fingerprint density at radius 3 is 2.52 bits per heavy atom. The first-order chi connectivity index (χ1) is 12.3. The van der Waals surface area contributed by atoms with Crippen LogP contribution in [-0.2, 0) is 6.67 Å². The molecule has 0 radical (unpaired) electrons. The van der Waals surface area contributed by atoms with Crippen molar-refractivity contribution >= 4 is 11.7 Å². The summed E-state index contributed by atoms with van der Waals surface area (Å²) in [5.41, 5.74) is 2.69. The number of urea groups is 1. The first-order valence-corrected chi connectivity index (χ1v) is 7.79. The lowest BCUT2D eigenvalue weighted by molar-refractivity contribution is 0.250. The second-order valence-electron chi connectivity index (χ2n) is 5.40. The summed E-state index contributed by atoms with van der Waals surface area (Å²) in [6.45, 7) is -0.524. The third-order valence-electron chi connectivity index (χ3n) is 3.65. The Hall–Kier alpha value is -3.28. The number of rotatable bonds is 5. The molecule has 0 spiro atoms. The molecule has 3 rings (SSSR count). The average Bonchev–Trinajstić information content (AvgIpc) is 2.68. The summed E-state index contributed by atoms with van der Waals surface area (Å²) in [7, 11) is 0. The SMILES string of the molecule is O=C(Nc1cccnc1)N[C@@H](c1ccc(CF)cc1)c1ccccn1. The van der Waals surface area contributed by atoms with Crippen LogP contribution in [0.15, 0.2) is 73.2 Å². The molecule has 2 aromatic heterocycles. The van der Waals surface area contributed by atoms with E-state index in [1.54, 1.807) is 55.0 Å². The number of hydrogen-bond donors (Lipinski definition) is 2. The van der Waals surface area contributed by atoms with Gasteiger partial charge in [-0.2, -0.15) is 0 Å². The fourth-order valence-corrected chi connectivity index (χ4v) is 2.41. The van der Waals surface area contributed by atoms with Crippen molar-refractivity contribution in [3.05, 3.63) is 90.0 Å². The van der Waals surface area contributed by atoms with Crippen LogP contribution in [0.5, 0.6) is 0 Å². The molecule has 0 unspecified atom stereocenters. The maximum absolute atomic E-state index is 12.7. The van der Waals surface area contributed by atoms with E-state index in [2.05, 4.69) is 20.6 Å². The van der Waals surface area contributed by atoms with Crippen LogP contribution in [0, 0.1) is 0 Å². The van der Waals surface area contributed by atoms with Gasteiger partial charge in [-0.25, -0.2) is 9.18 Å². The molecule has 0 saturated heterocycles. The number of anilines is 1. The standard InChI is InChI=1S/C19H17FN4O/c20-12-14-6-8-15(9-7-14)18(17-5-1-2-11-22-17)24-19(25)23-16-4-3-10-21-13-16/h1-11,13,18H,12H2,(H2,23,24,25)/t18-/m0/s1. The molecule has 0 aliphatic heterocycles. The van der Waals surface area contributed by atoms with Crippen LogP contribution < -0.4 is 10.6 Å². The third-order valence-corrected chi connectivity index (χ3v) is 3.65. The molecule has 1 atom stereocenters. The molecule has 126 valence electrons. The zero-order chi connectivity index (χ0) is 17.5. The normalized spacial score (nSPS) is 11.6. The number of pyridine rings is 2. The monoisotopic (exact) mass is 336 g/mol. The van der Waals surface area contributed by atoms with Crippen LogP contribution in [0.4, 0.5) is 14.9 Å². The molecule has 0 aliphatic rings. The number of carbonyl (C=O) groups excluding carboxylic acids is 1. The zero-order valence-corrected chi connectivity index (χ0v) is 13.4. The fourth-order valence-electron chi connectivity index (χ4n) is 2.41. The molecule has 2 amide bonds. The van der Waals surface area contributed by atoms with E-state index in [-0.39, 0.29) is 6.03 Å². The van der Waals surface area contributed by atoms with Crippen molar-refractivity contribution in [1.29, 1.82) is 0 Å². The van der Waals surface area contributed by atoms with Gasteiger partial charge >= 0.3 is 6.03 Å². The number of alkyl halides is 1.